The highest BCUT2D eigenvalue weighted by molar-refractivity contribution is 8.00. The molecule has 0 saturated carbocycles. The molecule has 0 heterocycles. The highest BCUT2D eigenvalue weighted by Crippen LogP contribution is 2.31. The normalized spacial score (nSPS) is 11.2. The van der Waals surface area contributed by atoms with Crippen LogP contribution in [0.5, 0.6) is 11.5 Å². The summed E-state index contributed by atoms with van der Waals surface area (Å²) in [7, 11) is 3.02. The second kappa shape index (κ2) is 6.63. The van der Waals surface area contributed by atoms with E-state index in [4.69, 9.17) is 9.47 Å². The Morgan fingerprint density at radius 3 is 2.39 bits per heavy atom. The molecule has 0 atom stereocenters. The quantitative estimate of drug-likeness (QED) is 0.810. The van der Waals surface area contributed by atoms with Crippen LogP contribution in [-0.4, -0.2) is 32.0 Å². The predicted octanol–water partition coefficient (Wildman–Crippen LogP) is 3.37. The van der Waals surface area contributed by atoms with Crippen LogP contribution in [0.25, 0.3) is 0 Å². The minimum atomic E-state index is -4.18. The molecule has 0 spiro atoms. The number of anilines is 1. The zero-order chi connectivity index (χ0) is 13.6. The molecule has 1 N–H and O–H groups in total. The molecule has 0 unspecified atom stereocenters. The summed E-state index contributed by atoms with van der Waals surface area (Å²) in [4.78, 5) is 0. The number of halogens is 3. The van der Waals surface area contributed by atoms with Gasteiger partial charge in [0.25, 0.3) is 0 Å². The molecule has 7 heteroatoms. The summed E-state index contributed by atoms with van der Waals surface area (Å²) < 4.78 is 45.8. The van der Waals surface area contributed by atoms with Gasteiger partial charge in [-0.1, -0.05) is 0 Å². The van der Waals surface area contributed by atoms with Crippen molar-refractivity contribution in [3.05, 3.63) is 18.2 Å². The van der Waals surface area contributed by atoms with Crippen LogP contribution in [-0.2, 0) is 0 Å². The van der Waals surface area contributed by atoms with Crippen molar-refractivity contribution in [2.45, 2.75) is 5.51 Å². The Morgan fingerprint density at radius 2 is 1.83 bits per heavy atom. The summed E-state index contributed by atoms with van der Waals surface area (Å²) >= 11 is -0.0480. The Morgan fingerprint density at radius 1 is 1.17 bits per heavy atom. The van der Waals surface area contributed by atoms with Crippen LogP contribution < -0.4 is 14.8 Å². The first-order valence-electron chi connectivity index (χ1n) is 5.13. The van der Waals surface area contributed by atoms with Crippen molar-refractivity contribution < 1.29 is 22.6 Å². The third kappa shape index (κ3) is 4.95. The van der Waals surface area contributed by atoms with E-state index in [-0.39, 0.29) is 24.1 Å². The fraction of sp³-hybridized carbons (Fsp3) is 0.455. The summed E-state index contributed by atoms with van der Waals surface area (Å²) in [6.07, 6.45) is 0. The molecule has 0 aliphatic carbocycles. The van der Waals surface area contributed by atoms with Crippen molar-refractivity contribution >= 4 is 17.4 Å². The van der Waals surface area contributed by atoms with E-state index < -0.39 is 5.51 Å². The van der Waals surface area contributed by atoms with E-state index in [0.29, 0.717) is 17.2 Å². The molecular formula is C11H14F3NO2S. The van der Waals surface area contributed by atoms with Crippen LogP contribution in [0.1, 0.15) is 0 Å². The number of nitrogens with one attached hydrogen (secondary N) is 1. The van der Waals surface area contributed by atoms with Crippen LogP contribution in [0, 0.1) is 0 Å². The summed E-state index contributed by atoms with van der Waals surface area (Å²) in [5, 5.41) is 2.89. The average molecular weight is 281 g/mol. The molecule has 3 nitrogen and oxygen atoms in total. The molecule has 0 aliphatic rings. The van der Waals surface area contributed by atoms with Crippen molar-refractivity contribution in [3.63, 3.8) is 0 Å². The monoisotopic (exact) mass is 281 g/mol. The van der Waals surface area contributed by atoms with Crippen LogP contribution in [0.4, 0.5) is 18.9 Å². The van der Waals surface area contributed by atoms with Gasteiger partial charge in [-0.3, -0.25) is 0 Å². The molecule has 1 rings (SSSR count). The van der Waals surface area contributed by atoms with E-state index in [0.717, 1.165) is 0 Å². The van der Waals surface area contributed by atoms with Gasteiger partial charge in [-0.05, 0) is 23.9 Å². The minimum Gasteiger partial charge on any atom is -0.493 e. The molecular weight excluding hydrogens is 267 g/mol. The number of benzene rings is 1. The second-order valence-electron chi connectivity index (χ2n) is 3.29. The second-order valence-corrected chi connectivity index (χ2v) is 4.45. The lowest BCUT2D eigenvalue weighted by Crippen LogP contribution is -2.09. The van der Waals surface area contributed by atoms with Gasteiger partial charge in [-0.25, -0.2) is 0 Å². The zero-order valence-corrected chi connectivity index (χ0v) is 10.8. The van der Waals surface area contributed by atoms with Crippen molar-refractivity contribution in [3.8, 4) is 11.5 Å². The number of ether oxygens (including phenoxy) is 2. The third-order valence-corrected chi connectivity index (χ3v) is 2.82. The Kier molecular flexibility index (Phi) is 5.46. The maximum atomic E-state index is 11.9. The average Bonchev–Trinajstić information content (AvgIpc) is 2.33. The molecule has 0 bridgehead atoms. The standard InChI is InChI=1S/C11H14F3NO2S/c1-16-9-4-3-8(7-10(9)17-2)15-5-6-18-11(12,13)14/h3-4,7,15H,5-6H2,1-2H3. The molecule has 0 fully saturated rings. The van der Waals surface area contributed by atoms with Crippen molar-refractivity contribution in [2.75, 3.05) is 31.8 Å². The molecule has 0 saturated heterocycles. The van der Waals surface area contributed by atoms with Crippen molar-refractivity contribution in [1.29, 1.82) is 0 Å². The number of hydrogen-bond acceptors (Lipinski definition) is 4. The van der Waals surface area contributed by atoms with Gasteiger partial charge in [0.15, 0.2) is 11.5 Å². The number of methoxy groups -OCH3 is 2. The van der Waals surface area contributed by atoms with Crippen LogP contribution in [0.2, 0.25) is 0 Å². The molecule has 18 heavy (non-hydrogen) atoms. The third-order valence-electron chi connectivity index (χ3n) is 2.08. The summed E-state index contributed by atoms with van der Waals surface area (Å²) in [5.41, 5.74) is -3.49. The SMILES string of the molecule is COc1ccc(NCCSC(F)(F)F)cc1OC. The smallest absolute Gasteiger partial charge is 0.441 e. The molecule has 1 aromatic rings. The van der Waals surface area contributed by atoms with E-state index in [1.54, 1.807) is 18.2 Å². The lowest BCUT2D eigenvalue weighted by atomic mass is 10.2. The van der Waals surface area contributed by atoms with Gasteiger partial charge in [-0.2, -0.15) is 13.2 Å². The van der Waals surface area contributed by atoms with Crippen LogP contribution in [0.15, 0.2) is 18.2 Å². The van der Waals surface area contributed by atoms with Gasteiger partial charge < -0.3 is 14.8 Å². The van der Waals surface area contributed by atoms with Crippen molar-refractivity contribution in [2.24, 2.45) is 0 Å². The Bertz CT molecular complexity index is 385. The maximum Gasteiger partial charge on any atom is 0.441 e. The molecule has 0 amide bonds. The van der Waals surface area contributed by atoms with Crippen molar-refractivity contribution in [1.82, 2.24) is 0 Å². The van der Waals surface area contributed by atoms with E-state index in [1.807, 2.05) is 0 Å². The number of alkyl halides is 3. The van der Waals surface area contributed by atoms with E-state index in [2.05, 4.69) is 5.32 Å². The number of hydrogen-bond donors (Lipinski definition) is 1. The maximum absolute atomic E-state index is 11.9. The van der Waals surface area contributed by atoms with Gasteiger partial charge in [-0.15, -0.1) is 0 Å². The Hall–Kier alpha value is -1.24. The first-order chi connectivity index (χ1) is 8.46. The first kappa shape index (κ1) is 14.8. The molecule has 102 valence electrons. The molecule has 0 aromatic heterocycles. The van der Waals surface area contributed by atoms with Gasteiger partial charge in [0.2, 0.25) is 0 Å². The molecule has 0 aliphatic heterocycles. The highest BCUT2D eigenvalue weighted by Gasteiger charge is 2.27. The Balaban J connectivity index is 2.48. The van der Waals surface area contributed by atoms with Gasteiger partial charge in [0.05, 0.1) is 14.2 Å². The summed E-state index contributed by atoms with van der Waals surface area (Å²) in [6.45, 7) is 0.222. The fourth-order valence-electron chi connectivity index (χ4n) is 1.31. The van der Waals surface area contributed by atoms with Crippen LogP contribution in [0.3, 0.4) is 0 Å². The van der Waals surface area contributed by atoms with E-state index in [1.165, 1.54) is 14.2 Å². The molecule has 0 radical (unpaired) electrons. The fourth-order valence-corrected chi connectivity index (χ4v) is 1.74. The van der Waals surface area contributed by atoms with E-state index >= 15 is 0 Å². The predicted molar refractivity (Wildman–Crippen MR) is 66.5 cm³/mol. The topological polar surface area (TPSA) is 30.5 Å². The van der Waals surface area contributed by atoms with Gasteiger partial charge >= 0.3 is 5.51 Å². The lowest BCUT2D eigenvalue weighted by Gasteiger charge is -2.11. The molecule has 1 aromatic carbocycles. The number of rotatable bonds is 6. The van der Waals surface area contributed by atoms with E-state index in [9.17, 15) is 13.2 Å². The largest absolute Gasteiger partial charge is 0.493 e. The Labute approximate surface area is 108 Å². The summed E-state index contributed by atoms with van der Waals surface area (Å²) in [5.74, 6) is 1.07. The first-order valence-corrected chi connectivity index (χ1v) is 6.11. The number of thioether (sulfide) groups is 1. The lowest BCUT2D eigenvalue weighted by molar-refractivity contribution is -0.0327. The van der Waals surface area contributed by atoms with Gasteiger partial charge in [0, 0.05) is 24.1 Å². The van der Waals surface area contributed by atoms with Gasteiger partial charge in [0.1, 0.15) is 0 Å². The minimum absolute atomic E-state index is 0.0438. The zero-order valence-electron chi connectivity index (χ0n) is 10.0. The summed E-state index contributed by atoms with van der Waals surface area (Å²) in [6, 6.07) is 5.09. The van der Waals surface area contributed by atoms with Crippen LogP contribution >= 0.6 is 11.8 Å². The highest BCUT2D eigenvalue weighted by atomic mass is 32.2.